The van der Waals surface area contributed by atoms with Gasteiger partial charge in [-0.2, -0.15) is 0 Å². The van der Waals surface area contributed by atoms with Gasteiger partial charge in [0, 0.05) is 26.2 Å². The summed E-state index contributed by atoms with van der Waals surface area (Å²) < 4.78 is 5.93. The largest absolute Gasteiger partial charge is 0.481 e. The fourth-order valence-electron chi connectivity index (χ4n) is 3.67. The van der Waals surface area contributed by atoms with E-state index in [0.717, 1.165) is 37.1 Å². The van der Waals surface area contributed by atoms with E-state index in [0.29, 0.717) is 26.2 Å². The number of nitrogens with zero attached hydrogens (tertiary/aromatic N) is 2. The van der Waals surface area contributed by atoms with Crippen molar-refractivity contribution in [2.45, 2.75) is 45.3 Å². The summed E-state index contributed by atoms with van der Waals surface area (Å²) in [5, 5.41) is 3.25. The highest BCUT2D eigenvalue weighted by Gasteiger charge is 2.31. The lowest BCUT2D eigenvalue weighted by Gasteiger charge is -2.37. The number of rotatable bonds is 5. The molecular weight excluding hydrogens is 330 g/mol. The number of amides is 2. The summed E-state index contributed by atoms with van der Waals surface area (Å²) in [6, 6.07) is 7.80. The van der Waals surface area contributed by atoms with Gasteiger partial charge in [0.2, 0.25) is 5.91 Å². The molecule has 1 aromatic rings. The Bertz CT molecular complexity index is 635. The minimum Gasteiger partial charge on any atom is -0.481 e. The molecule has 3 rings (SSSR count). The topological polar surface area (TPSA) is 61.9 Å². The molecule has 6 heteroatoms. The minimum absolute atomic E-state index is 0.0120. The van der Waals surface area contributed by atoms with Crippen LogP contribution in [0.25, 0.3) is 0 Å². The Balaban J connectivity index is 1.52. The maximum absolute atomic E-state index is 12.7. The predicted molar refractivity (Wildman–Crippen MR) is 100 cm³/mol. The number of nitrogens with one attached hydrogen (secondary N) is 1. The van der Waals surface area contributed by atoms with E-state index in [1.807, 2.05) is 34.1 Å². The Labute approximate surface area is 155 Å². The predicted octanol–water partition coefficient (Wildman–Crippen LogP) is 1.44. The number of benzene rings is 1. The molecule has 2 aliphatic heterocycles. The van der Waals surface area contributed by atoms with Gasteiger partial charge in [0.25, 0.3) is 5.91 Å². The number of carbonyl (C=O) groups excluding carboxylic acids is 2. The quantitative estimate of drug-likeness (QED) is 0.864. The van der Waals surface area contributed by atoms with Crippen molar-refractivity contribution < 1.29 is 14.3 Å². The van der Waals surface area contributed by atoms with Crippen LogP contribution in [-0.2, 0) is 16.0 Å². The number of piperazine rings is 1. The summed E-state index contributed by atoms with van der Waals surface area (Å²) in [5.41, 5.74) is 1.10. The maximum Gasteiger partial charge on any atom is 0.263 e. The van der Waals surface area contributed by atoms with Gasteiger partial charge in [-0.05, 0) is 44.4 Å². The van der Waals surface area contributed by atoms with Crippen LogP contribution in [0.5, 0.6) is 5.75 Å². The lowest BCUT2D eigenvalue weighted by molar-refractivity contribution is -0.144. The lowest BCUT2D eigenvalue weighted by atomic mass is 10.1. The van der Waals surface area contributed by atoms with E-state index in [-0.39, 0.29) is 17.9 Å². The first-order chi connectivity index (χ1) is 12.6. The van der Waals surface area contributed by atoms with Gasteiger partial charge in [-0.3, -0.25) is 9.59 Å². The Kier molecular flexibility index (Phi) is 6.14. The zero-order valence-corrected chi connectivity index (χ0v) is 15.7. The smallest absolute Gasteiger partial charge is 0.263 e. The van der Waals surface area contributed by atoms with E-state index in [2.05, 4.69) is 12.2 Å². The van der Waals surface area contributed by atoms with Crippen molar-refractivity contribution in [3.8, 4) is 5.75 Å². The van der Waals surface area contributed by atoms with Gasteiger partial charge in [-0.25, -0.2) is 0 Å². The SMILES string of the molecule is CCc1ccccc1OC(C)C(=O)N1CCN(C(=O)C2CCCN2)CC1. The molecule has 2 amide bonds. The molecule has 1 N–H and O–H groups in total. The molecule has 26 heavy (non-hydrogen) atoms. The van der Waals surface area contributed by atoms with Crippen molar-refractivity contribution in [3.63, 3.8) is 0 Å². The van der Waals surface area contributed by atoms with E-state index in [4.69, 9.17) is 4.74 Å². The van der Waals surface area contributed by atoms with Gasteiger partial charge in [0.15, 0.2) is 6.10 Å². The molecule has 2 unspecified atom stereocenters. The molecule has 0 bridgehead atoms. The highest BCUT2D eigenvalue weighted by Crippen LogP contribution is 2.20. The molecule has 2 atom stereocenters. The number of aryl methyl sites for hydroxylation is 1. The molecule has 0 aliphatic carbocycles. The molecule has 0 aromatic heterocycles. The fraction of sp³-hybridized carbons (Fsp3) is 0.600. The maximum atomic E-state index is 12.7. The first-order valence-corrected chi connectivity index (χ1v) is 9.65. The Morgan fingerprint density at radius 3 is 2.54 bits per heavy atom. The summed E-state index contributed by atoms with van der Waals surface area (Å²) >= 11 is 0. The molecule has 142 valence electrons. The van der Waals surface area contributed by atoms with Gasteiger partial charge in [0.05, 0.1) is 6.04 Å². The van der Waals surface area contributed by atoms with Crippen molar-refractivity contribution >= 4 is 11.8 Å². The van der Waals surface area contributed by atoms with Crippen LogP contribution in [0.15, 0.2) is 24.3 Å². The molecule has 0 radical (unpaired) electrons. The first-order valence-electron chi connectivity index (χ1n) is 9.65. The average Bonchev–Trinajstić information content (AvgIpc) is 3.22. The third-order valence-corrected chi connectivity index (χ3v) is 5.27. The first kappa shape index (κ1) is 18.7. The van der Waals surface area contributed by atoms with Crippen molar-refractivity contribution in [2.75, 3.05) is 32.7 Å². The molecule has 1 aromatic carbocycles. The van der Waals surface area contributed by atoms with Gasteiger partial charge < -0.3 is 19.9 Å². The second-order valence-electron chi connectivity index (χ2n) is 7.02. The molecule has 2 saturated heterocycles. The fourth-order valence-corrected chi connectivity index (χ4v) is 3.67. The zero-order valence-electron chi connectivity index (χ0n) is 15.7. The Morgan fingerprint density at radius 1 is 1.19 bits per heavy atom. The summed E-state index contributed by atoms with van der Waals surface area (Å²) in [5.74, 6) is 0.940. The number of hydrogen-bond acceptors (Lipinski definition) is 4. The highest BCUT2D eigenvalue weighted by molar-refractivity contribution is 5.83. The van der Waals surface area contributed by atoms with Crippen LogP contribution in [0.3, 0.4) is 0 Å². The zero-order chi connectivity index (χ0) is 18.5. The number of hydrogen-bond donors (Lipinski definition) is 1. The van der Waals surface area contributed by atoms with Crippen molar-refractivity contribution in [2.24, 2.45) is 0 Å². The summed E-state index contributed by atoms with van der Waals surface area (Å²) in [7, 11) is 0. The summed E-state index contributed by atoms with van der Waals surface area (Å²) in [6.45, 7) is 7.13. The van der Waals surface area contributed by atoms with Crippen LogP contribution in [0.2, 0.25) is 0 Å². The van der Waals surface area contributed by atoms with Crippen LogP contribution < -0.4 is 10.1 Å². The molecule has 0 spiro atoms. The third-order valence-electron chi connectivity index (χ3n) is 5.27. The van der Waals surface area contributed by atoms with Crippen molar-refractivity contribution in [1.82, 2.24) is 15.1 Å². The molecule has 2 heterocycles. The summed E-state index contributed by atoms with van der Waals surface area (Å²) in [6.07, 6.45) is 2.32. The number of carbonyl (C=O) groups is 2. The number of ether oxygens (including phenoxy) is 1. The van der Waals surface area contributed by atoms with E-state index in [1.54, 1.807) is 6.92 Å². The average molecular weight is 359 g/mol. The second-order valence-corrected chi connectivity index (χ2v) is 7.02. The molecule has 2 aliphatic rings. The monoisotopic (exact) mass is 359 g/mol. The van der Waals surface area contributed by atoms with Gasteiger partial charge in [-0.1, -0.05) is 25.1 Å². The van der Waals surface area contributed by atoms with E-state index in [9.17, 15) is 9.59 Å². The molecule has 2 fully saturated rings. The second kappa shape index (κ2) is 8.54. The Morgan fingerprint density at radius 2 is 1.88 bits per heavy atom. The van der Waals surface area contributed by atoms with E-state index >= 15 is 0 Å². The summed E-state index contributed by atoms with van der Waals surface area (Å²) in [4.78, 5) is 28.9. The van der Waals surface area contributed by atoms with Crippen LogP contribution in [0.4, 0.5) is 0 Å². The van der Waals surface area contributed by atoms with Crippen molar-refractivity contribution in [3.05, 3.63) is 29.8 Å². The standard InChI is InChI=1S/C20H29N3O3/c1-3-16-7-4-5-9-18(16)26-15(2)19(24)22-11-13-23(14-12-22)20(25)17-8-6-10-21-17/h4-5,7,9,15,17,21H,3,6,8,10-14H2,1-2H3. The lowest BCUT2D eigenvalue weighted by Crippen LogP contribution is -2.55. The van der Waals surface area contributed by atoms with Crippen LogP contribution in [-0.4, -0.2) is 66.5 Å². The van der Waals surface area contributed by atoms with Crippen molar-refractivity contribution in [1.29, 1.82) is 0 Å². The van der Waals surface area contributed by atoms with Gasteiger partial charge in [-0.15, -0.1) is 0 Å². The van der Waals surface area contributed by atoms with Crippen LogP contribution >= 0.6 is 0 Å². The normalized spacial score (nSPS) is 21.5. The molecule has 0 saturated carbocycles. The van der Waals surface area contributed by atoms with Gasteiger partial charge in [0.1, 0.15) is 5.75 Å². The van der Waals surface area contributed by atoms with E-state index < -0.39 is 6.10 Å². The molecule has 6 nitrogen and oxygen atoms in total. The third kappa shape index (κ3) is 4.18. The minimum atomic E-state index is -0.526. The Hall–Kier alpha value is -2.08. The molecular formula is C20H29N3O3. The van der Waals surface area contributed by atoms with Crippen LogP contribution in [0.1, 0.15) is 32.3 Å². The number of para-hydroxylation sites is 1. The van der Waals surface area contributed by atoms with Gasteiger partial charge >= 0.3 is 0 Å². The highest BCUT2D eigenvalue weighted by atomic mass is 16.5. The van der Waals surface area contributed by atoms with E-state index in [1.165, 1.54) is 0 Å². The van der Waals surface area contributed by atoms with Crippen LogP contribution in [0, 0.1) is 0 Å².